The van der Waals surface area contributed by atoms with E-state index in [-0.39, 0.29) is 5.82 Å². The third-order valence-electron chi connectivity index (χ3n) is 7.32. The van der Waals surface area contributed by atoms with E-state index in [9.17, 15) is 4.39 Å². The van der Waals surface area contributed by atoms with Gasteiger partial charge in [0.05, 0.1) is 11.0 Å². The maximum atomic E-state index is 13.5. The molecule has 1 aliphatic heterocycles. The van der Waals surface area contributed by atoms with E-state index in [0.29, 0.717) is 11.5 Å². The van der Waals surface area contributed by atoms with Gasteiger partial charge in [-0.25, -0.2) is 14.4 Å². The minimum absolute atomic E-state index is 0.268. The first-order valence-corrected chi connectivity index (χ1v) is 13.0. The van der Waals surface area contributed by atoms with Crippen LogP contribution in [0.1, 0.15) is 24.8 Å². The number of hydrogen-bond acceptors (Lipinski definition) is 5. The van der Waals surface area contributed by atoms with Crippen LogP contribution >= 0.6 is 0 Å². The Morgan fingerprint density at radius 2 is 1.71 bits per heavy atom. The van der Waals surface area contributed by atoms with E-state index >= 15 is 0 Å². The van der Waals surface area contributed by atoms with E-state index in [1.807, 2.05) is 24.5 Å². The molecule has 0 unspecified atom stereocenters. The van der Waals surface area contributed by atoms with Gasteiger partial charge in [0.15, 0.2) is 11.5 Å². The number of benzene rings is 2. The average Bonchev–Trinajstić information content (AvgIpc) is 3.58. The van der Waals surface area contributed by atoms with E-state index in [4.69, 9.17) is 4.98 Å². The smallest absolute Gasteiger partial charge is 0.178 e. The second-order valence-electron chi connectivity index (χ2n) is 9.90. The van der Waals surface area contributed by atoms with Crippen molar-refractivity contribution in [2.75, 3.05) is 13.1 Å². The number of aromatic nitrogens is 6. The molecule has 0 spiro atoms. The topological polar surface area (TPSA) is 86.4 Å². The monoisotopic (exact) mass is 503 g/mol. The van der Waals surface area contributed by atoms with Crippen molar-refractivity contribution >= 4 is 22.1 Å². The number of imidazole rings is 1. The van der Waals surface area contributed by atoms with Gasteiger partial charge in [-0.1, -0.05) is 24.6 Å². The molecule has 7 rings (SSSR count). The molecule has 38 heavy (non-hydrogen) atoms. The number of hydrogen-bond donors (Lipinski definition) is 2. The predicted molar refractivity (Wildman–Crippen MR) is 147 cm³/mol. The van der Waals surface area contributed by atoms with Gasteiger partial charge in [-0.05, 0) is 79.0 Å². The Kier molecular flexibility index (Phi) is 5.66. The Morgan fingerprint density at radius 3 is 2.58 bits per heavy atom. The van der Waals surface area contributed by atoms with Gasteiger partial charge in [-0.2, -0.15) is 5.10 Å². The summed E-state index contributed by atoms with van der Waals surface area (Å²) in [5.41, 5.74) is 8.21. The van der Waals surface area contributed by atoms with Gasteiger partial charge >= 0.3 is 0 Å². The minimum atomic E-state index is -0.268. The third-order valence-corrected chi connectivity index (χ3v) is 7.32. The lowest BCUT2D eigenvalue weighted by molar-refractivity contribution is 0.220. The van der Waals surface area contributed by atoms with Crippen molar-refractivity contribution in [3.8, 4) is 33.8 Å². The van der Waals surface area contributed by atoms with Crippen molar-refractivity contribution in [3.63, 3.8) is 0 Å². The van der Waals surface area contributed by atoms with Gasteiger partial charge in [-0.15, -0.1) is 0 Å². The number of H-pyrrole nitrogens is 2. The molecule has 7 nitrogen and oxygen atoms in total. The van der Waals surface area contributed by atoms with Crippen LogP contribution in [0.2, 0.25) is 0 Å². The third kappa shape index (κ3) is 4.22. The van der Waals surface area contributed by atoms with Crippen molar-refractivity contribution in [1.82, 2.24) is 35.0 Å². The summed E-state index contributed by atoms with van der Waals surface area (Å²) in [4.78, 5) is 19.7. The van der Waals surface area contributed by atoms with Crippen LogP contribution in [0.25, 0.3) is 55.8 Å². The fraction of sp³-hybridized carbons (Fsp3) is 0.200. The van der Waals surface area contributed by atoms with Crippen LogP contribution in [0.5, 0.6) is 0 Å². The minimum Gasteiger partial charge on any atom is -0.335 e. The molecule has 0 saturated carbocycles. The van der Waals surface area contributed by atoms with Gasteiger partial charge in [0.25, 0.3) is 0 Å². The molecule has 2 aromatic carbocycles. The zero-order valence-electron chi connectivity index (χ0n) is 20.8. The van der Waals surface area contributed by atoms with Crippen LogP contribution in [0, 0.1) is 5.82 Å². The molecule has 1 fully saturated rings. The van der Waals surface area contributed by atoms with Crippen molar-refractivity contribution in [1.29, 1.82) is 0 Å². The van der Waals surface area contributed by atoms with E-state index in [0.717, 1.165) is 64.0 Å². The second kappa shape index (κ2) is 9.46. The first-order valence-electron chi connectivity index (χ1n) is 13.0. The maximum Gasteiger partial charge on any atom is 0.178 e. The van der Waals surface area contributed by atoms with Gasteiger partial charge in [0.2, 0.25) is 0 Å². The zero-order chi connectivity index (χ0) is 25.5. The summed E-state index contributed by atoms with van der Waals surface area (Å²) in [7, 11) is 0. The van der Waals surface area contributed by atoms with E-state index in [1.54, 1.807) is 18.3 Å². The molecule has 0 aliphatic carbocycles. The Balaban J connectivity index is 1.25. The number of piperidine rings is 1. The molecular weight excluding hydrogens is 477 g/mol. The molecule has 0 bridgehead atoms. The highest BCUT2D eigenvalue weighted by atomic mass is 19.1. The first kappa shape index (κ1) is 22.7. The summed E-state index contributed by atoms with van der Waals surface area (Å²) in [6.07, 6.45) is 9.49. The fourth-order valence-electron chi connectivity index (χ4n) is 5.37. The molecule has 1 aliphatic rings. The van der Waals surface area contributed by atoms with Crippen LogP contribution in [-0.2, 0) is 6.54 Å². The van der Waals surface area contributed by atoms with E-state index in [1.165, 1.54) is 37.0 Å². The van der Waals surface area contributed by atoms with Crippen LogP contribution in [0.3, 0.4) is 0 Å². The van der Waals surface area contributed by atoms with Crippen LogP contribution < -0.4 is 0 Å². The highest BCUT2D eigenvalue weighted by Gasteiger charge is 2.17. The number of fused-ring (bicyclic) bond motifs is 2. The predicted octanol–water partition coefficient (Wildman–Crippen LogP) is 6.36. The Morgan fingerprint density at radius 1 is 0.868 bits per heavy atom. The highest BCUT2D eigenvalue weighted by molar-refractivity contribution is 5.97. The molecule has 0 atom stereocenters. The molecule has 8 heteroatoms. The molecule has 5 heterocycles. The summed E-state index contributed by atoms with van der Waals surface area (Å²) in [5.74, 6) is 0.359. The molecule has 0 radical (unpaired) electrons. The molecule has 0 amide bonds. The van der Waals surface area contributed by atoms with Crippen LogP contribution in [-0.4, -0.2) is 48.1 Å². The van der Waals surface area contributed by atoms with Crippen LogP contribution in [0.15, 0.2) is 73.2 Å². The number of nitrogens with one attached hydrogen (secondary N) is 2. The normalized spacial score (nSPS) is 14.4. The number of likely N-dealkylation sites (tertiary alicyclic amines) is 1. The lowest BCUT2D eigenvalue weighted by Crippen LogP contribution is -2.29. The van der Waals surface area contributed by atoms with Crippen molar-refractivity contribution in [2.24, 2.45) is 0 Å². The number of halogens is 1. The van der Waals surface area contributed by atoms with Gasteiger partial charge in [0.1, 0.15) is 11.5 Å². The lowest BCUT2D eigenvalue weighted by Gasteiger charge is -2.26. The van der Waals surface area contributed by atoms with E-state index < -0.39 is 0 Å². The van der Waals surface area contributed by atoms with Crippen LogP contribution in [0.4, 0.5) is 4.39 Å². The molecular formula is C30H26FN7. The van der Waals surface area contributed by atoms with Crippen molar-refractivity contribution in [2.45, 2.75) is 25.8 Å². The standard InChI is InChI=1S/C30H26FN7/c31-23-7-4-20(5-8-23)24-10-11-33-29-27(24)34-30(35-29)28-25-15-21(6-9-26(25)36-37-28)22-14-19(16-32-17-22)18-38-12-2-1-3-13-38/h4-11,14-17H,1-3,12-13,18H2,(H,36,37)(H,33,34,35). The summed E-state index contributed by atoms with van der Waals surface area (Å²) < 4.78 is 13.5. The number of aromatic amines is 2. The maximum absolute atomic E-state index is 13.5. The molecule has 6 aromatic rings. The number of rotatable bonds is 5. The Labute approximate surface area is 218 Å². The first-order chi connectivity index (χ1) is 18.7. The molecule has 4 aromatic heterocycles. The summed E-state index contributed by atoms with van der Waals surface area (Å²) in [5, 5.41) is 8.68. The zero-order valence-corrected chi connectivity index (χ0v) is 20.8. The summed E-state index contributed by atoms with van der Waals surface area (Å²) in [6, 6.07) is 16.9. The second-order valence-corrected chi connectivity index (χ2v) is 9.90. The van der Waals surface area contributed by atoms with Crippen molar-refractivity contribution in [3.05, 3.63) is 84.6 Å². The molecule has 188 valence electrons. The Hall–Kier alpha value is -4.43. The average molecular weight is 504 g/mol. The lowest BCUT2D eigenvalue weighted by atomic mass is 10.0. The SMILES string of the molecule is Fc1ccc(-c2ccnc3nc(-c4n[nH]c5ccc(-c6cncc(CN7CCCCC7)c6)cc45)[nH]c23)cc1. The van der Waals surface area contributed by atoms with Gasteiger partial charge in [0, 0.05) is 41.6 Å². The summed E-state index contributed by atoms with van der Waals surface area (Å²) in [6.45, 7) is 3.25. The molecule has 1 saturated heterocycles. The summed E-state index contributed by atoms with van der Waals surface area (Å²) >= 11 is 0. The van der Waals surface area contributed by atoms with Crippen molar-refractivity contribution < 1.29 is 4.39 Å². The quantitative estimate of drug-likeness (QED) is 0.286. The van der Waals surface area contributed by atoms with Gasteiger partial charge in [-0.3, -0.25) is 15.0 Å². The van der Waals surface area contributed by atoms with E-state index in [2.05, 4.69) is 48.2 Å². The highest BCUT2D eigenvalue weighted by Crippen LogP contribution is 2.32. The number of pyridine rings is 2. The largest absolute Gasteiger partial charge is 0.335 e. The Bertz CT molecular complexity index is 1750. The molecule has 2 N–H and O–H groups in total. The number of nitrogens with zero attached hydrogens (tertiary/aromatic N) is 5. The fourth-order valence-corrected chi connectivity index (χ4v) is 5.37. The van der Waals surface area contributed by atoms with Gasteiger partial charge < -0.3 is 4.98 Å².